The summed E-state index contributed by atoms with van der Waals surface area (Å²) in [6.07, 6.45) is 0. The third-order valence-electron chi connectivity index (χ3n) is 2.33. The highest BCUT2D eigenvalue weighted by molar-refractivity contribution is 5.97. The lowest BCUT2D eigenvalue weighted by Gasteiger charge is -2.20. The quantitative estimate of drug-likeness (QED) is 0.647. The molecule has 0 bridgehead atoms. The third kappa shape index (κ3) is 5.17. The maximum Gasteiger partial charge on any atom is 0.305 e. The number of rotatable bonds is 4. The van der Waals surface area contributed by atoms with Crippen LogP contribution in [0.5, 0.6) is 0 Å². The Kier molecular flexibility index (Phi) is 4.96. The molecule has 0 atom stereocenters. The number of halogens is 1. The molecular weight excluding hydrogens is 281 g/mol. The standard InChI is InChI=1S/C13H16FN3O4/c1-13(2,3)16-11(18)7-15-12(19)8-4-5-9(14)10(6-8)17(20)21/h4-6H,7H2,1-3H3,(H,15,19)(H,16,18). The van der Waals surface area contributed by atoms with Crippen LogP contribution in [0.25, 0.3) is 0 Å². The van der Waals surface area contributed by atoms with Crippen LogP contribution in [-0.4, -0.2) is 28.8 Å². The fourth-order valence-corrected chi connectivity index (χ4v) is 1.52. The van der Waals surface area contributed by atoms with E-state index in [4.69, 9.17) is 0 Å². The van der Waals surface area contributed by atoms with Crippen LogP contribution >= 0.6 is 0 Å². The van der Waals surface area contributed by atoms with Gasteiger partial charge in [-0.15, -0.1) is 0 Å². The summed E-state index contributed by atoms with van der Waals surface area (Å²) in [5.41, 5.74) is -1.32. The Labute approximate surface area is 120 Å². The van der Waals surface area contributed by atoms with Gasteiger partial charge in [0.25, 0.3) is 5.91 Å². The fraction of sp³-hybridized carbons (Fsp3) is 0.385. The second-order valence-corrected chi connectivity index (χ2v) is 5.40. The van der Waals surface area contributed by atoms with Crippen LogP contribution in [0.2, 0.25) is 0 Å². The lowest BCUT2D eigenvalue weighted by molar-refractivity contribution is -0.387. The molecule has 0 aromatic heterocycles. The number of carbonyl (C=O) groups excluding carboxylic acids is 2. The van der Waals surface area contributed by atoms with Crippen LogP contribution in [0, 0.1) is 15.9 Å². The molecule has 0 aliphatic carbocycles. The molecule has 0 fully saturated rings. The number of nitrogens with zero attached hydrogens (tertiary/aromatic N) is 1. The molecule has 0 radical (unpaired) electrons. The number of hydrogen-bond donors (Lipinski definition) is 2. The maximum absolute atomic E-state index is 13.1. The van der Waals surface area contributed by atoms with E-state index in [1.54, 1.807) is 20.8 Å². The van der Waals surface area contributed by atoms with Gasteiger partial charge < -0.3 is 10.6 Å². The minimum absolute atomic E-state index is 0.0911. The second-order valence-electron chi connectivity index (χ2n) is 5.40. The summed E-state index contributed by atoms with van der Waals surface area (Å²) in [5, 5.41) is 15.5. The van der Waals surface area contributed by atoms with Gasteiger partial charge >= 0.3 is 5.69 Å². The van der Waals surface area contributed by atoms with E-state index < -0.39 is 33.8 Å². The molecule has 1 rings (SSSR count). The van der Waals surface area contributed by atoms with Crippen molar-refractivity contribution in [3.05, 3.63) is 39.7 Å². The Morgan fingerprint density at radius 2 is 1.95 bits per heavy atom. The van der Waals surface area contributed by atoms with Crippen LogP contribution in [0.3, 0.4) is 0 Å². The number of amides is 2. The Balaban J connectivity index is 2.71. The average Bonchev–Trinajstić information content (AvgIpc) is 2.34. The van der Waals surface area contributed by atoms with Gasteiger partial charge in [0, 0.05) is 17.2 Å². The molecule has 7 nitrogen and oxygen atoms in total. The van der Waals surface area contributed by atoms with Gasteiger partial charge in [-0.2, -0.15) is 4.39 Å². The van der Waals surface area contributed by atoms with Crippen LogP contribution in [0.1, 0.15) is 31.1 Å². The van der Waals surface area contributed by atoms with Crippen LogP contribution in [-0.2, 0) is 4.79 Å². The number of benzene rings is 1. The van der Waals surface area contributed by atoms with E-state index >= 15 is 0 Å². The first-order valence-electron chi connectivity index (χ1n) is 6.13. The number of hydrogen-bond acceptors (Lipinski definition) is 4. The number of nitro benzene ring substituents is 1. The predicted molar refractivity (Wildman–Crippen MR) is 73.3 cm³/mol. The minimum atomic E-state index is -1.03. The summed E-state index contributed by atoms with van der Waals surface area (Å²) in [5.74, 6) is -2.11. The van der Waals surface area contributed by atoms with Crippen molar-refractivity contribution in [1.29, 1.82) is 0 Å². The van der Waals surface area contributed by atoms with Crippen LogP contribution in [0.4, 0.5) is 10.1 Å². The van der Waals surface area contributed by atoms with Gasteiger partial charge in [0.05, 0.1) is 11.5 Å². The summed E-state index contributed by atoms with van der Waals surface area (Å²) in [7, 11) is 0. The van der Waals surface area contributed by atoms with E-state index in [1.165, 1.54) is 0 Å². The van der Waals surface area contributed by atoms with E-state index in [0.717, 1.165) is 18.2 Å². The minimum Gasteiger partial charge on any atom is -0.350 e. The highest BCUT2D eigenvalue weighted by atomic mass is 19.1. The lowest BCUT2D eigenvalue weighted by Crippen LogP contribution is -2.45. The number of carbonyl (C=O) groups is 2. The highest BCUT2D eigenvalue weighted by Gasteiger charge is 2.18. The van der Waals surface area contributed by atoms with E-state index in [2.05, 4.69) is 10.6 Å². The zero-order valence-electron chi connectivity index (χ0n) is 11.9. The molecule has 0 heterocycles. The van der Waals surface area contributed by atoms with E-state index in [-0.39, 0.29) is 12.1 Å². The highest BCUT2D eigenvalue weighted by Crippen LogP contribution is 2.18. The average molecular weight is 297 g/mol. The molecule has 0 spiro atoms. The van der Waals surface area contributed by atoms with Crippen LogP contribution < -0.4 is 10.6 Å². The largest absolute Gasteiger partial charge is 0.350 e. The van der Waals surface area contributed by atoms with E-state index in [9.17, 15) is 24.1 Å². The molecule has 0 saturated carbocycles. The second kappa shape index (κ2) is 6.29. The Morgan fingerprint density at radius 3 is 2.48 bits per heavy atom. The Bertz CT molecular complexity index is 581. The van der Waals surface area contributed by atoms with Crippen molar-refractivity contribution in [2.75, 3.05) is 6.54 Å². The Morgan fingerprint density at radius 1 is 1.33 bits per heavy atom. The first kappa shape index (κ1) is 16.5. The van der Waals surface area contributed by atoms with Crippen LogP contribution in [0.15, 0.2) is 18.2 Å². The maximum atomic E-state index is 13.1. The number of nitro groups is 1. The molecule has 21 heavy (non-hydrogen) atoms. The van der Waals surface area contributed by atoms with Gasteiger partial charge in [-0.05, 0) is 32.9 Å². The molecule has 1 aromatic carbocycles. The summed E-state index contributed by atoms with van der Waals surface area (Å²) in [4.78, 5) is 33.0. The topological polar surface area (TPSA) is 101 Å². The van der Waals surface area contributed by atoms with Crippen molar-refractivity contribution in [1.82, 2.24) is 10.6 Å². The molecule has 2 amide bonds. The van der Waals surface area contributed by atoms with Gasteiger partial charge in [0.15, 0.2) is 0 Å². The molecule has 0 saturated heterocycles. The lowest BCUT2D eigenvalue weighted by atomic mass is 10.1. The zero-order valence-corrected chi connectivity index (χ0v) is 11.9. The number of nitrogens with one attached hydrogen (secondary N) is 2. The van der Waals surface area contributed by atoms with Gasteiger partial charge in [-0.1, -0.05) is 0 Å². The summed E-state index contributed by atoms with van der Waals surface area (Å²) >= 11 is 0. The van der Waals surface area contributed by atoms with Gasteiger partial charge in [-0.3, -0.25) is 19.7 Å². The Hall–Kier alpha value is -2.51. The first-order chi connectivity index (χ1) is 9.60. The predicted octanol–water partition coefficient (Wildman–Crippen LogP) is 1.38. The van der Waals surface area contributed by atoms with E-state index in [0.29, 0.717) is 0 Å². The summed E-state index contributed by atoms with van der Waals surface area (Å²) in [6.45, 7) is 5.09. The molecule has 0 aliphatic rings. The van der Waals surface area contributed by atoms with Crippen molar-refractivity contribution in [3.63, 3.8) is 0 Å². The molecule has 114 valence electrons. The first-order valence-corrected chi connectivity index (χ1v) is 6.13. The SMILES string of the molecule is CC(C)(C)NC(=O)CNC(=O)c1ccc(F)c([N+](=O)[O-])c1. The molecule has 0 aliphatic heterocycles. The van der Waals surface area contributed by atoms with Crippen molar-refractivity contribution in [3.8, 4) is 0 Å². The summed E-state index contributed by atoms with van der Waals surface area (Å²) in [6, 6.07) is 2.77. The van der Waals surface area contributed by atoms with Crippen molar-refractivity contribution in [2.45, 2.75) is 26.3 Å². The zero-order chi connectivity index (χ0) is 16.2. The fourth-order valence-electron chi connectivity index (χ4n) is 1.52. The normalized spacial score (nSPS) is 10.9. The van der Waals surface area contributed by atoms with E-state index in [1.807, 2.05) is 0 Å². The molecule has 0 unspecified atom stereocenters. The van der Waals surface area contributed by atoms with Crippen molar-refractivity contribution in [2.24, 2.45) is 0 Å². The monoisotopic (exact) mass is 297 g/mol. The molecule has 2 N–H and O–H groups in total. The molecule has 1 aromatic rings. The molecule has 8 heteroatoms. The van der Waals surface area contributed by atoms with Gasteiger partial charge in [-0.25, -0.2) is 0 Å². The molecular formula is C13H16FN3O4. The smallest absolute Gasteiger partial charge is 0.305 e. The van der Waals surface area contributed by atoms with Crippen molar-refractivity contribution >= 4 is 17.5 Å². The van der Waals surface area contributed by atoms with Gasteiger partial charge in [0.1, 0.15) is 0 Å². The van der Waals surface area contributed by atoms with Gasteiger partial charge in [0.2, 0.25) is 11.7 Å². The third-order valence-corrected chi connectivity index (χ3v) is 2.33. The van der Waals surface area contributed by atoms with Crippen molar-refractivity contribution < 1.29 is 18.9 Å². The summed E-state index contributed by atoms with van der Waals surface area (Å²) < 4.78 is 13.1.